The molecule has 0 heterocycles. The van der Waals surface area contributed by atoms with Crippen LogP contribution in [0.5, 0.6) is 0 Å². The summed E-state index contributed by atoms with van der Waals surface area (Å²) in [6.45, 7) is 8.19. The fourth-order valence-corrected chi connectivity index (χ4v) is 2.51. The minimum Gasteiger partial charge on any atom is -0.463 e. The van der Waals surface area contributed by atoms with Gasteiger partial charge in [-0.15, -0.1) is 0 Å². The van der Waals surface area contributed by atoms with Gasteiger partial charge in [0.05, 0.1) is 18.8 Å². The summed E-state index contributed by atoms with van der Waals surface area (Å²) in [6, 6.07) is -0.358. The third kappa shape index (κ3) is 5.21. The Hall–Kier alpha value is -1.20. The van der Waals surface area contributed by atoms with Crippen LogP contribution in [-0.4, -0.2) is 48.3 Å². The summed E-state index contributed by atoms with van der Waals surface area (Å²) in [4.78, 5) is 16.4. The molecule has 1 aliphatic carbocycles. The van der Waals surface area contributed by atoms with E-state index in [0.29, 0.717) is 18.6 Å². The highest BCUT2D eigenvalue weighted by molar-refractivity contribution is 5.89. The van der Waals surface area contributed by atoms with Gasteiger partial charge < -0.3 is 14.6 Å². The van der Waals surface area contributed by atoms with Gasteiger partial charge in [0.15, 0.2) is 0 Å². The molecular formula is C17H29NO4. The first-order valence-corrected chi connectivity index (χ1v) is 8.30. The van der Waals surface area contributed by atoms with Crippen LogP contribution in [0.25, 0.3) is 0 Å². The number of esters is 1. The zero-order valence-electron chi connectivity index (χ0n) is 14.1. The smallest absolute Gasteiger partial charge is 0.333 e. The summed E-state index contributed by atoms with van der Waals surface area (Å²) in [5, 5.41) is 10.5. The molecule has 0 aromatic rings. The van der Waals surface area contributed by atoms with Gasteiger partial charge in [0.25, 0.3) is 0 Å². The molecule has 0 unspecified atom stereocenters. The van der Waals surface area contributed by atoms with Crippen LogP contribution >= 0.6 is 0 Å². The van der Waals surface area contributed by atoms with Gasteiger partial charge in [-0.25, -0.2) is 4.79 Å². The van der Waals surface area contributed by atoms with E-state index in [2.05, 4.69) is 4.99 Å². The number of nitrogens with zero attached hydrogens (tertiary/aromatic N) is 1. The van der Waals surface area contributed by atoms with Gasteiger partial charge in [0.1, 0.15) is 12.2 Å². The molecule has 0 aliphatic heterocycles. The largest absolute Gasteiger partial charge is 0.463 e. The third-order valence-electron chi connectivity index (χ3n) is 3.80. The number of hydrogen-bond donors (Lipinski definition) is 1. The van der Waals surface area contributed by atoms with Crippen LogP contribution in [0.2, 0.25) is 0 Å². The molecule has 0 saturated heterocycles. The average molecular weight is 311 g/mol. The lowest BCUT2D eigenvalue weighted by molar-refractivity contribution is -0.139. The lowest BCUT2D eigenvalue weighted by atomic mass is 9.90. The number of aliphatic hydroxyl groups is 1. The van der Waals surface area contributed by atoms with Crippen molar-refractivity contribution in [2.45, 2.75) is 77.7 Å². The maximum atomic E-state index is 12.0. The topological polar surface area (TPSA) is 68.1 Å². The second kappa shape index (κ2) is 9.74. The van der Waals surface area contributed by atoms with E-state index < -0.39 is 12.2 Å². The molecule has 126 valence electrons. The minimum absolute atomic E-state index is 0.0632. The van der Waals surface area contributed by atoms with Gasteiger partial charge in [0.2, 0.25) is 0 Å². The molecule has 1 aliphatic rings. The molecule has 22 heavy (non-hydrogen) atoms. The molecular weight excluding hydrogens is 282 g/mol. The van der Waals surface area contributed by atoms with Crippen molar-refractivity contribution in [3.63, 3.8) is 0 Å². The number of rotatable bonds is 8. The fraction of sp³-hybridized carbons (Fsp3) is 0.765. The highest BCUT2D eigenvalue weighted by Crippen LogP contribution is 2.26. The van der Waals surface area contributed by atoms with Crippen LogP contribution in [0.3, 0.4) is 0 Å². The van der Waals surface area contributed by atoms with E-state index >= 15 is 0 Å². The van der Waals surface area contributed by atoms with Gasteiger partial charge in [-0.05, 0) is 38.5 Å². The first-order chi connectivity index (χ1) is 10.6. The molecule has 0 aromatic heterocycles. The third-order valence-corrected chi connectivity index (χ3v) is 3.80. The van der Waals surface area contributed by atoms with Crippen molar-refractivity contribution in [1.82, 2.24) is 0 Å². The summed E-state index contributed by atoms with van der Waals surface area (Å²) in [7, 11) is 0. The second-order valence-electron chi connectivity index (χ2n) is 5.45. The van der Waals surface area contributed by atoms with Crippen molar-refractivity contribution in [1.29, 1.82) is 0 Å². The van der Waals surface area contributed by atoms with E-state index in [4.69, 9.17) is 9.47 Å². The molecule has 0 spiro atoms. The maximum absolute atomic E-state index is 12.0. The molecule has 0 bridgehead atoms. The summed E-state index contributed by atoms with van der Waals surface area (Å²) >= 11 is 0. The standard InChI is InChI=1S/C17H29NO4/c1-5-9-18-14-10-12(17(20)21-8-4)11-15(16(14)19)22-13(6-2)7-3/h9,11,13-16,19H,5-8,10H2,1-4H3/t14-,15-,16+/m1/s1. The lowest BCUT2D eigenvalue weighted by Gasteiger charge is -2.33. The average Bonchev–Trinajstić information content (AvgIpc) is 2.52. The quantitative estimate of drug-likeness (QED) is 0.553. The zero-order chi connectivity index (χ0) is 16.5. The van der Waals surface area contributed by atoms with Gasteiger partial charge in [-0.3, -0.25) is 4.99 Å². The van der Waals surface area contributed by atoms with E-state index in [1.807, 2.05) is 20.8 Å². The van der Waals surface area contributed by atoms with Gasteiger partial charge in [-0.2, -0.15) is 0 Å². The molecule has 1 N–H and O–H groups in total. The highest BCUT2D eigenvalue weighted by Gasteiger charge is 2.35. The van der Waals surface area contributed by atoms with E-state index in [9.17, 15) is 9.90 Å². The van der Waals surface area contributed by atoms with Crippen LogP contribution in [0, 0.1) is 0 Å². The summed E-state index contributed by atoms with van der Waals surface area (Å²) in [6.07, 6.45) is 5.21. The van der Waals surface area contributed by atoms with Gasteiger partial charge >= 0.3 is 5.97 Å². The Balaban J connectivity index is 2.95. The Morgan fingerprint density at radius 1 is 1.41 bits per heavy atom. The van der Waals surface area contributed by atoms with E-state index in [1.54, 1.807) is 19.2 Å². The number of carbonyl (C=O) groups is 1. The predicted molar refractivity (Wildman–Crippen MR) is 87.2 cm³/mol. The molecule has 0 fully saturated rings. The van der Waals surface area contributed by atoms with Crippen molar-refractivity contribution >= 4 is 12.2 Å². The minimum atomic E-state index is -0.735. The molecule has 1 rings (SSSR count). The molecule has 3 atom stereocenters. The first kappa shape index (κ1) is 18.8. The Morgan fingerprint density at radius 2 is 2.09 bits per heavy atom. The number of carbonyl (C=O) groups excluding carboxylic acids is 1. The number of aliphatic hydroxyl groups excluding tert-OH is 1. The van der Waals surface area contributed by atoms with Crippen LogP contribution in [0.15, 0.2) is 16.6 Å². The SMILES string of the molecule is CCC=N[C@@H]1CC(C(=O)OCC)=C[C@@H](OC(CC)CC)[C@H]1O. The molecule has 5 nitrogen and oxygen atoms in total. The van der Waals surface area contributed by atoms with Crippen LogP contribution < -0.4 is 0 Å². The Bertz CT molecular complexity index is 401. The number of hydrogen-bond acceptors (Lipinski definition) is 5. The molecule has 0 radical (unpaired) electrons. The molecule has 0 saturated carbocycles. The van der Waals surface area contributed by atoms with E-state index in [1.165, 1.54) is 0 Å². The van der Waals surface area contributed by atoms with Crippen molar-refractivity contribution in [3.05, 3.63) is 11.6 Å². The second-order valence-corrected chi connectivity index (χ2v) is 5.45. The predicted octanol–water partition coefficient (Wildman–Crippen LogP) is 2.66. The lowest BCUT2D eigenvalue weighted by Crippen LogP contribution is -2.43. The Labute approximate surface area is 133 Å². The summed E-state index contributed by atoms with van der Waals surface area (Å²) in [5.41, 5.74) is 0.543. The van der Waals surface area contributed by atoms with Gasteiger partial charge in [0, 0.05) is 12.0 Å². The van der Waals surface area contributed by atoms with E-state index in [-0.39, 0.29) is 18.1 Å². The van der Waals surface area contributed by atoms with Crippen molar-refractivity contribution in [3.8, 4) is 0 Å². The number of aliphatic imine (C=N–C) groups is 1. The normalized spacial score (nSPS) is 25.5. The molecule has 5 heteroatoms. The van der Waals surface area contributed by atoms with Crippen molar-refractivity contribution in [2.24, 2.45) is 4.99 Å². The molecule has 0 aromatic carbocycles. The van der Waals surface area contributed by atoms with Gasteiger partial charge in [-0.1, -0.05) is 20.8 Å². The Morgan fingerprint density at radius 3 is 2.64 bits per heavy atom. The Kier molecular flexibility index (Phi) is 8.35. The zero-order valence-corrected chi connectivity index (χ0v) is 14.1. The van der Waals surface area contributed by atoms with Crippen molar-refractivity contribution < 1.29 is 19.4 Å². The monoisotopic (exact) mass is 311 g/mol. The van der Waals surface area contributed by atoms with Crippen molar-refractivity contribution in [2.75, 3.05) is 6.61 Å². The fourth-order valence-electron chi connectivity index (χ4n) is 2.51. The summed E-state index contributed by atoms with van der Waals surface area (Å²) in [5.74, 6) is -0.343. The number of ether oxygens (including phenoxy) is 2. The van der Waals surface area contributed by atoms with E-state index in [0.717, 1.165) is 19.3 Å². The molecule has 0 amide bonds. The van der Waals surface area contributed by atoms with Crippen LogP contribution in [0.1, 0.15) is 53.4 Å². The summed E-state index contributed by atoms with van der Waals surface area (Å²) < 4.78 is 11.0. The van der Waals surface area contributed by atoms with Crippen LogP contribution in [0.4, 0.5) is 0 Å². The highest BCUT2D eigenvalue weighted by atomic mass is 16.5. The maximum Gasteiger partial charge on any atom is 0.333 e. The first-order valence-electron chi connectivity index (χ1n) is 8.30. The van der Waals surface area contributed by atoms with Crippen LogP contribution in [-0.2, 0) is 14.3 Å².